The molecular formula is C15H18ClN3O. The minimum absolute atomic E-state index is 0.518. The van der Waals surface area contributed by atoms with Crippen LogP contribution < -0.4 is 9.64 Å². The average molecular weight is 292 g/mol. The molecule has 0 amide bonds. The maximum atomic E-state index is 6.13. The van der Waals surface area contributed by atoms with Crippen LogP contribution in [0.1, 0.15) is 18.1 Å². The third kappa shape index (κ3) is 3.02. The molecule has 2 rings (SSSR count). The Morgan fingerprint density at radius 1 is 1.25 bits per heavy atom. The molecule has 0 fully saturated rings. The van der Waals surface area contributed by atoms with Gasteiger partial charge in [0.05, 0.1) is 7.11 Å². The van der Waals surface area contributed by atoms with Crippen LogP contribution in [-0.4, -0.2) is 24.1 Å². The fourth-order valence-electron chi connectivity index (χ4n) is 2.18. The summed E-state index contributed by atoms with van der Waals surface area (Å²) in [4.78, 5) is 10.4. The minimum atomic E-state index is 0.518. The lowest BCUT2D eigenvalue weighted by Gasteiger charge is -2.22. The summed E-state index contributed by atoms with van der Waals surface area (Å²) in [6.07, 6.45) is 2.29. The molecular weight excluding hydrogens is 274 g/mol. The van der Waals surface area contributed by atoms with Gasteiger partial charge in [-0.3, -0.25) is 0 Å². The Bertz CT molecular complexity index is 589. The summed E-state index contributed by atoms with van der Waals surface area (Å²) in [6, 6.07) is 7.96. The highest BCUT2D eigenvalue weighted by molar-refractivity contribution is 6.30. The van der Waals surface area contributed by atoms with Crippen LogP contribution >= 0.6 is 11.6 Å². The number of benzene rings is 1. The van der Waals surface area contributed by atoms with Crippen molar-refractivity contribution in [2.24, 2.45) is 0 Å². The van der Waals surface area contributed by atoms with Gasteiger partial charge in [0.2, 0.25) is 0 Å². The van der Waals surface area contributed by atoms with Crippen molar-refractivity contribution in [1.29, 1.82) is 0 Å². The molecule has 1 aromatic heterocycles. The molecule has 0 radical (unpaired) electrons. The lowest BCUT2D eigenvalue weighted by Crippen LogP contribution is -2.20. The first-order valence-corrected chi connectivity index (χ1v) is 6.87. The van der Waals surface area contributed by atoms with Crippen LogP contribution in [0.3, 0.4) is 0 Å². The molecule has 0 aliphatic heterocycles. The Hall–Kier alpha value is -1.81. The van der Waals surface area contributed by atoms with E-state index in [-0.39, 0.29) is 0 Å². The van der Waals surface area contributed by atoms with E-state index >= 15 is 0 Å². The minimum Gasteiger partial charge on any atom is -0.496 e. The highest BCUT2D eigenvalue weighted by atomic mass is 35.5. The molecule has 0 aliphatic rings. The van der Waals surface area contributed by atoms with Crippen molar-refractivity contribution in [3.63, 3.8) is 0 Å². The molecule has 0 atom stereocenters. The predicted molar refractivity (Wildman–Crippen MR) is 81.5 cm³/mol. The highest BCUT2D eigenvalue weighted by Crippen LogP contribution is 2.26. The Morgan fingerprint density at radius 3 is 2.70 bits per heavy atom. The summed E-state index contributed by atoms with van der Waals surface area (Å²) in [5, 5.41) is 0.518. The second-order valence-electron chi connectivity index (χ2n) is 4.49. The van der Waals surface area contributed by atoms with E-state index < -0.39 is 0 Å². The van der Waals surface area contributed by atoms with Crippen molar-refractivity contribution < 1.29 is 4.74 Å². The predicted octanol–water partition coefficient (Wildman–Crippen LogP) is 3.34. The smallest absolute Gasteiger partial charge is 0.137 e. The number of hydrogen-bond donors (Lipinski definition) is 0. The lowest BCUT2D eigenvalue weighted by atomic mass is 10.1. The van der Waals surface area contributed by atoms with Gasteiger partial charge >= 0.3 is 0 Å². The Kier molecular flexibility index (Phi) is 4.79. The van der Waals surface area contributed by atoms with Crippen molar-refractivity contribution in [3.8, 4) is 5.75 Å². The van der Waals surface area contributed by atoms with Gasteiger partial charge in [-0.2, -0.15) is 0 Å². The van der Waals surface area contributed by atoms with E-state index in [9.17, 15) is 0 Å². The summed E-state index contributed by atoms with van der Waals surface area (Å²) >= 11 is 6.13. The fraction of sp³-hybridized carbons (Fsp3) is 0.333. The van der Waals surface area contributed by atoms with Gasteiger partial charge in [-0.05, 0) is 12.5 Å². The largest absolute Gasteiger partial charge is 0.496 e. The maximum absolute atomic E-state index is 6.13. The van der Waals surface area contributed by atoms with Crippen LogP contribution in [-0.2, 0) is 13.0 Å². The van der Waals surface area contributed by atoms with E-state index in [4.69, 9.17) is 16.3 Å². The van der Waals surface area contributed by atoms with Gasteiger partial charge in [-0.25, -0.2) is 9.97 Å². The van der Waals surface area contributed by atoms with Crippen LogP contribution in [0.25, 0.3) is 0 Å². The van der Waals surface area contributed by atoms with Gasteiger partial charge in [-0.15, -0.1) is 0 Å². The summed E-state index contributed by atoms with van der Waals surface area (Å²) in [7, 11) is 3.67. The zero-order valence-electron chi connectivity index (χ0n) is 11.9. The van der Waals surface area contributed by atoms with Crippen LogP contribution in [0.4, 0.5) is 5.82 Å². The molecule has 0 aliphatic carbocycles. The molecule has 4 nitrogen and oxygen atoms in total. The first-order chi connectivity index (χ1) is 9.67. The molecule has 0 saturated heterocycles. The number of para-hydroxylation sites is 1. The van der Waals surface area contributed by atoms with Gasteiger partial charge in [-0.1, -0.05) is 36.7 Å². The second-order valence-corrected chi connectivity index (χ2v) is 4.85. The maximum Gasteiger partial charge on any atom is 0.137 e. The molecule has 0 saturated carbocycles. The van der Waals surface area contributed by atoms with E-state index in [0.717, 1.165) is 29.1 Å². The molecule has 2 aromatic rings. The van der Waals surface area contributed by atoms with Gasteiger partial charge in [0, 0.05) is 24.7 Å². The molecule has 0 N–H and O–H groups in total. The van der Waals surface area contributed by atoms with Crippen LogP contribution in [0.5, 0.6) is 5.75 Å². The van der Waals surface area contributed by atoms with Crippen molar-refractivity contribution >= 4 is 17.4 Å². The van der Waals surface area contributed by atoms with Crippen LogP contribution in [0.2, 0.25) is 5.15 Å². The first kappa shape index (κ1) is 14.6. The van der Waals surface area contributed by atoms with E-state index in [2.05, 4.69) is 14.9 Å². The topological polar surface area (TPSA) is 38.2 Å². The van der Waals surface area contributed by atoms with Gasteiger partial charge in [0.25, 0.3) is 0 Å². The number of hydrogen-bond acceptors (Lipinski definition) is 4. The van der Waals surface area contributed by atoms with E-state index in [1.54, 1.807) is 7.11 Å². The number of rotatable bonds is 5. The normalized spacial score (nSPS) is 10.4. The van der Waals surface area contributed by atoms with E-state index in [0.29, 0.717) is 11.7 Å². The molecule has 1 aromatic carbocycles. The number of aromatic nitrogens is 2. The van der Waals surface area contributed by atoms with Gasteiger partial charge in [0.15, 0.2) is 0 Å². The Morgan fingerprint density at radius 2 is 2.00 bits per heavy atom. The van der Waals surface area contributed by atoms with Crippen LogP contribution in [0.15, 0.2) is 30.6 Å². The third-order valence-corrected chi connectivity index (χ3v) is 3.51. The van der Waals surface area contributed by atoms with Crippen molar-refractivity contribution in [1.82, 2.24) is 9.97 Å². The Labute approximate surface area is 124 Å². The fourth-order valence-corrected chi connectivity index (χ4v) is 2.44. The molecule has 0 unspecified atom stereocenters. The second kappa shape index (κ2) is 6.57. The molecule has 5 heteroatoms. The molecule has 0 bridgehead atoms. The van der Waals surface area contributed by atoms with Crippen molar-refractivity contribution in [2.75, 3.05) is 19.1 Å². The number of anilines is 1. The van der Waals surface area contributed by atoms with E-state index in [1.807, 2.05) is 38.2 Å². The van der Waals surface area contributed by atoms with Crippen molar-refractivity contribution in [2.45, 2.75) is 19.9 Å². The van der Waals surface area contributed by atoms with Gasteiger partial charge in [0.1, 0.15) is 23.0 Å². The number of nitrogens with zero attached hydrogens (tertiary/aromatic N) is 3. The lowest BCUT2D eigenvalue weighted by molar-refractivity contribution is 0.409. The van der Waals surface area contributed by atoms with E-state index in [1.165, 1.54) is 6.33 Å². The van der Waals surface area contributed by atoms with Crippen LogP contribution in [0, 0.1) is 0 Å². The zero-order chi connectivity index (χ0) is 14.5. The molecule has 106 valence electrons. The summed E-state index contributed by atoms with van der Waals surface area (Å²) in [6.45, 7) is 2.75. The van der Waals surface area contributed by atoms with Crippen molar-refractivity contribution in [3.05, 3.63) is 46.9 Å². The molecule has 0 spiro atoms. The monoisotopic (exact) mass is 291 g/mol. The number of halogens is 1. The molecule has 20 heavy (non-hydrogen) atoms. The Balaban J connectivity index is 2.28. The zero-order valence-corrected chi connectivity index (χ0v) is 12.7. The highest BCUT2D eigenvalue weighted by Gasteiger charge is 2.13. The number of methoxy groups -OCH3 is 1. The number of ether oxygens (including phenoxy) is 1. The standard InChI is InChI=1S/C15H18ClN3O/c1-4-12-14(16)17-10-18-15(12)19(2)9-11-7-5-6-8-13(11)20-3/h5-8,10H,4,9H2,1-3H3. The molecule has 1 heterocycles. The summed E-state index contributed by atoms with van der Waals surface area (Å²) in [5.74, 6) is 1.73. The summed E-state index contributed by atoms with van der Waals surface area (Å²) < 4.78 is 5.38. The average Bonchev–Trinajstić information content (AvgIpc) is 2.47. The first-order valence-electron chi connectivity index (χ1n) is 6.49. The third-order valence-electron chi connectivity index (χ3n) is 3.19. The quantitative estimate of drug-likeness (QED) is 0.792. The van der Waals surface area contributed by atoms with Gasteiger partial charge < -0.3 is 9.64 Å². The summed E-state index contributed by atoms with van der Waals surface area (Å²) in [5.41, 5.74) is 2.07. The SMILES string of the molecule is CCc1c(Cl)ncnc1N(C)Cc1ccccc1OC.